The average molecular weight is 394 g/mol. The van der Waals surface area contributed by atoms with Crippen LogP contribution in [0.3, 0.4) is 0 Å². The predicted molar refractivity (Wildman–Crippen MR) is 116 cm³/mol. The smallest absolute Gasteiger partial charge is 0.152 e. The van der Waals surface area contributed by atoms with Crippen LogP contribution in [-0.2, 0) is 6.42 Å². The van der Waals surface area contributed by atoms with Crippen LogP contribution in [0, 0.1) is 19.7 Å². The summed E-state index contributed by atoms with van der Waals surface area (Å²) in [5, 5.41) is 1.79. The van der Waals surface area contributed by atoms with Crippen LogP contribution in [0.4, 0.5) is 4.39 Å². The number of aromatic nitrogens is 2. The lowest BCUT2D eigenvalue weighted by atomic mass is 9.97. The van der Waals surface area contributed by atoms with Crippen LogP contribution in [0.25, 0.3) is 10.9 Å². The highest BCUT2D eigenvalue weighted by Gasteiger charge is 2.31. The summed E-state index contributed by atoms with van der Waals surface area (Å²) < 4.78 is 14.4. The highest BCUT2D eigenvalue weighted by atomic mass is 32.2. The maximum atomic E-state index is 14.3. The van der Waals surface area contributed by atoms with Gasteiger partial charge in [-0.25, -0.2) is 4.39 Å². The van der Waals surface area contributed by atoms with Crippen LogP contribution in [0.15, 0.2) is 47.7 Å². The number of aryl methyl sites for hydroxylation is 2. The molecule has 0 spiro atoms. The van der Waals surface area contributed by atoms with Crippen molar-refractivity contribution in [3.8, 4) is 0 Å². The molecule has 1 unspecified atom stereocenters. The maximum absolute atomic E-state index is 14.3. The van der Waals surface area contributed by atoms with E-state index in [1.807, 2.05) is 31.3 Å². The Morgan fingerprint density at radius 1 is 1.11 bits per heavy atom. The van der Waals surface area contributed by atoms with Gasteiger partial charge in [-0.15, -0.1) is 0 Å². The number of halogens is 1. The number of fused-ring (bicyclic) bond motifs is 1. The van der Waals surface area contributed by atoms with Crippen LogP contribution in [0.5, 0.6) is 0 Å². The Morgan fingerprint density at radius 3 is 2.68 bits per heavy atom. The molecule has 0 aliphatic carbocycles. The molecule has 0 N–H and O–H groups in total. The number of hydrogen-bond acceptors (Lipinski definition) is 4. The molecule has 0 radical (unpaired) electrons. The molecule has 0 amide bonds. The topological polar surface area (TPSA) is 38.1 Å². The number of hydrogen-bond donors (Lipinski definition) is 0. The molecule has 2 aromatic heterocycles. The Labute approximate surface area is 169 Å². The van der Waals surface area contributed by atoms with Gasteiger partial charge in [0.25, 0.3) is 0 Å². The minimum Gasteiger partial charge on any atom is -0.274 e. The molecule has 1 aliphatic rings. The summed E-state index contributed by atoms with van der Waals surface area (Å²) in [5.41, 5.74) is 4.23. The van der Waals surface area contributed by atoms with E-state index in [9.17, 15) is 4.39 Å². The third-order valence-electron chi connectivity index (χ3n) is 5.08. The van der Waals surface area contributed by atoms with Gasteiger partial charge in [-0.3, -0.25) is 15.0 Å². The fourth-order valence-electron chi connectivity index (χ4n) is 3.64. The second kappa shape index (κ2) is 7.28. The predicted octanol–water partition coefficient (Wildman–Crippen LogP) is 5.66. The van der Waals surface area contributed by atoms with E-state index in [0.717, 1.165) is 34.5 Å². The van der Waals surface area contributed by atoms with E-state index in [1.54, 1.807) is 30.9 Å². The molecule has 3 nitrogen and oxygen atoms in total. The molecule has 3 heterocycles. The van der Waals surface area contributed by atoms with Crippen LogP contribution >= 0.6 is 11.8 Å². The van der Waals surface area contributed by atoms with Crippen molar-refractivity contribution in [1.29, 1.82) is 0 Å². The summed E-state index contributed by atoms with van der Waals surface area (Å²) in [6, 6.07) is 10.1. The fourth-order valence-corrected chi connectivity index (χ4v) is 4.87. The maximum Gasteiger partial charge on any atom is 0.152 e. The third kappa shape index (κ3) is 3.95. The monoisotopic (exact) mass is 393 g/mol. The molecule has 0 fully saturated rings. The van der Waals surface area contributed by atoms with Crippen molar-refractivity contribution in [3.05, 3.63) is 70.9 Å². The lowest BCUT2D eigenvalue weighted by Gasteiger charge is -2.33. The summed E-state index contributed by atoms with van der Waals surface area (Å²) in [7, 11) is 0. The number of thioether (sulfide) groups is 1. The number of rotatable bonds is 3. The number of nitrogens with zero attached hydrogens (tertiary/aromatic N) is 3. The molecular weight excluding hydrogens is 369 g/mol. The van der Waals surface area contributed by atoms with E-state index in [-0.39, 0.29) is 16.6 Å². The van der Waals surface area contributed by atoms with Gasteiger partial charge in [0.1, 0.15) is 10.6 Å². The number of benzene rings is 1. The molecule has 1 atom stereocenters. The molecule has 5 heteroatoms. The van der Waals surface area contributed by atoms with Gasteiger partial charge in [-0.05, 0) is 49.9 Å². The summed E-state index contributed by atoms with van der Waals surface area (Å²) in [6.07, 6.45) is 5.57. The van der Waals surface area contributed by atoms with Gasteiger partial charge in [0.2, 0.25) is 0 Å². The highest BCUT2D eigenvalue weighted by molar-refractivity contribution is 8.15. The first kappa shape index (κ1) is 19.1. The summed E-state index contributed by atoms with van der Waals surface area (Å²) in [4.78, 5) is 13.8. The first-order valence-corrected chi connectivity index (χ1v) is 10.4. The fraction of sp³-hybridized carbons (Fsp3) is 0.348. The normalized spacial score (nSPS) is 18.9. The lowest BCUT2D eigenvalue weighted by molar-refractivity contribution is 0.525. The Bertz CT molecular complexity index is 1060. The Kier molecular flexibility index (Phi) is 4.96. The van der Waals surface area contributed by atoms with Crippen LogP contribution in [-0.4, -0.2) is 25.8 Å². The molecule has 1 aromatic carbocycles. The van der Waals surface area contributed by atoms with Gasteiger partial charge in [0, 0.05) is 33.8 Å². The van der Waals surface area contributed by atoms with Crippen molar-refractivity contribution in [3.63, 3.8) is 0 Å². The second-order valence-electron chi connectivity index (χ2n) is 8.16. The van der Waals surface area contributed by atoms with Gasteiger partial charge in [-0.2, -0.15) is 0 Å². The molecule has 28 heavy (non-hydrogen) atoms. The van der Waals surface area contributed by atoms with Crippen molar-refractivity contribution in [2.24, 2.45) is 4.99 Å². The van der Waals surface area contributed by atoms with Crippen molar-refractivity contribution in [1.82, 2.24) is 9.97 Å². The first-order valence-electron chi connectivity index (χ1n) is 9.54. The van der Waals surface area contributed by atoms with Gasteiger partial charge < -0.3 is 0 Å². The number of aliphatic imine (C=N–C) groups is 1. The van der Waals surface area contributed by atoms with E-state index in [2.05, 4.69) is 29.9 Å². The van der Waals surface area contributed by atoms with E-state index < -0.39 is 0 Å². The van der Waals surface area contributed by atoms with Crippen molar-refractivity contribution in [2.45, 2.75) is 51.3 Å². The molecule has 4 rings (SSSR count). The molecule has 3 aromatic rings. The van der Waals surface area contributed by atoms with E-state index in [4.69, 9.17) is 4.99 Å². The van der Waals surface area contributed by atoms with E-state index in [0.29, 0.717) is 11.1 Å². The first-order chi connectivity index (χ1) is 13.3. The van der Waals surface area contributed by atoms with E-state index >= 15 is 0 Å². The molecule has 0 saturated heterocycles. The van der Waals surface area contributed by atoms with Gasteiger partial charge in [0.05, 0.1) is 6.04 Å². The molecule has 0 saturated carbocycles. The van der Waals surface area contributed by atoms with Crippen LogP contribution in [0.1, 0.15) is 42.7 Å². The van der Waals surface area contributed by atoms with Crippen molar-refractivity contribution >= 4 is 27.7 Å². The standard InChI is InChI=1S/C23H24FN3S/c1-14-5-8-17-10-18(13-26-21(17)20(14)24)22-27-19(11-23(3,4)28-22)9-16-7-6-15(2)25-12-16/h5-8,10,12-13,19H,9,11H2,1-4H3. The Balaban J connectivity index is 1.68. The van der Waals surface area contributed by atoms with Gasteiger partial charge >= 0.3 is 0 Å². The van der Waals surface area contributed by atoms with Crippen molar-refractivity contribution in [2.75, 3.05) is 0 Å². The van der Waals surface area contributed by atoms with Gasteiger partial charge in [0.15, 0.2) is 5.82 Å². The third-order valence-corrected chi connectivity index (χ3v) is 6.33. The minimum atomic E-state index is -0.243. The van der Waals surface area contributed by atoms with Crippen molar-refractivity contribution < 1.29 is 4.39 Å². The van der Waals surface area contributed by atoms with Crippen LogP contribution in [0.2, 0.25) is 0 Å². The molecule has 1 aliphatic heterocycles. The Morgan fingerprint density at radius 2 is 1.93 bits per heavy atom. The second-order valence-corrected chi connectivity index (χ2v) is 9.85. The molecular formula is C23H24FN3S. The lowest BCUT2D eigenvalue weighted by Crippen LogP contribution is -2.31. The summed E-state index contributed by atoms with van der Waals surface area (Å²) in [5.74, 6) is -0.243. The number of pyridine rings is 2. The zero-order valence-corrected chi connectivity index (χ0v) is 17.5. The summed E-state index contributed by atoms with van der Waals surface area (Å²) in [6.45, 7) is 8.27. The largest absolute Gasteiger partial charge is 0.274 e. The zero-order valence-electron chi connectivity index (χ0n) is 16.7. The molecule has 144 valence electrons. The van der Waals surface area contributed by atoms with Crippen LogP contribution < -0.4 is 0 Å². The molecule has 0 bridgehead atoms. The van der Waals surface area contributed by atoms with Gasteiger partial charge in [-0.1, -0.05) is 43.8 Å². The van der Waals surface area contributed by atoms with E-state index in [1.165, 1.54) is 5.56 Å². The zero-order chi connectivity index (χ0) is 19.9. The Hall–Kier alpha value is -2.27. The summed E-state index contributed by atoms with van der Waals surface area (Å²) >= 11 is 1.78. The minimum absolute atomic E-state index is 0.0767. The quantitative estimate of drug-likeness (QED) is 0.576. The SMILES string of the molecule is Cc1ccc(CC2CC(C)(C)SC(c3cnc4c(F)c(C)ccc4c3)=N2)cn1. The average Bonchev–Trinajstić information content (AvgIpc) is 2.65. The highest BCUT2D eigenvalue weighted by Crippen LogP contribution is 2.39.